The van der Waals surface area contributed by atoms with Gasteiger partial charge in [0.1, 0.15) is 24.4 Å². The number of carbonyl (C=O) groups excluding carboxylic acids is 5. The molecule has 11 nitrogen and oxygen atoms in total. The van der Waals surface area contributed by atoms with E-state index < -0.39 is 98.6 Å². The van der Waals surface area contributed by atoms with Crippen LogP contribution in [-0.4, -0.2) is 81.4 Å². The summed E-state index contributed by atoms with van der Waals surface area (Å²) in [7, 11) is 0. The number of halogens is 2. The summed E-state index contributed by atoms with van der Waals surface area (Å²) in [6, 6.07) is 0. The van der Waals surface area contributed by atoms with Gasteiger partial charge < -0.3 is 28.4 Å². The number of esters is 5. The highest BCUT2D eigenvalue weighted by molar-refractivity contribution is 14.1. The van der Waals surface area contributed by atoms with Gasteiger partial charge in [0.05, 0.1) is 26.7 Å². The number of ether oxygens (including phenoxy) is 6. The van der Waals surface area contributed by atoms with Crippen molar-refractivity contribution in [3.05, 3.63) is 24.3 Å². The molecule has 41 heavy (non-hydrogen) atoms. The molecule has 4 fully saturated rings. The van der Waals surface area contributed by atoms with Gasteiger partial charge in [0, 0.05) is 40.0 Å². The number of hydrogen-bond acceptors (Lipinski definition) is 11. The third-order valence-electron chi connectivity index (χ3n) is 8.69. The Labute approximate surface area is 256 Å². The summed E-state index contributed by atoms with van der Waals surface area (Å²) in [5.41, 5.74) is -2.26. The number of hydrogen-bond donors (Lipinski definition) is 0. The van der Waals surface area contributed by atoms with E-state index in [1.54, 1.807) is 13.8 Å². The molecule has 0 aromatic rings. The maximum atomic E-state index is 13.2. The molecule has 0 radical (unpaired) electrons. The zero-order chi connectivity index (χ0) is 30.8. The fourth-order valence-corrected chi connectivity index (χ4v) is 9.06. The minimum Gasteiger partial charge on any atom is -0.461 e. The first kappa shape index (κ1) is 31.7. The van der Waals surface area contributed by atoms with Crippen molar-refractivity contribution in [1.29, 1.82) is 0 Å². The van der Waals surface area contributed by atoms with Crippen LogP contribution >= 0.6 is 34.2 Å². The fraction of sp³-hybridized carbons (Fsp3) is 0.679. The first-order chi connectivity index (χ1) is 19.0. The molecular formula is C28H34ClIO11. The van der Waals surface area contributed by atoms with E-state index in [9.17, 15) is 24.0 Å². The van der Waals surface area contributed by atoms with E-state index >= 15 is 0 Å². The van der Waals surface area contributed by atoms with Crippen molar-refractivity contribution in [1.82, 2.24) is 0 Å². The smallest absolute Gasteiger partial charge is 0.312 e. The Morgan fingerprint density at radius 3 is 1.98 bits per heavy atom. The van der Waals surface area contributed by atoms with E-state index in [1.807, 2.05) is 0 Å². The second kappa shape index (κ2) is 11.1. The molecule has 0 amide bonds. The second-order valence-corrected chi connectivity index (χ2v) is 13.2. The summed E-state index contributed by atoms with van der Waals surface area (Å²) >= 11 is 8.98. The third kappa shape index (κ3) is 4.97. The van der Waals surface area contributed by atoms with Crippen LogP contribution in [0.25, 0.3) is 0 Å². The van der Waals surface area contributed by atoms with Gasteiger partial charge in [0.2, 0.25) is 0 Å². The first-order valence-electron chi connectivity index (χ1n) is 13.2. The summed E-state index contributed by atoms with van der Waals surface area (Å²) in [5.74, 6) is -5.17. The molecule has 1 spiro atoms. The molecule has 12 unspecified atom stereocenters. The number of fused-ring (bicyclic) bond motifs is 2. The fourth-order valence-electron chi connectivity index (χ4n) is 7.16. The molecule has 1 aliphatic carbocycles. The van der Waals surface area contributed by atoms with Crippen molar-refractivity contribution in [3.8, 4) is 0 Å². The lowest BCUT2D eigenvalue weighted by Gasteiger charge is -2.62. The maximum absolute atomic E-state index is 13.2. The highest BCUT2D eigenvalue weighted by Crippen LogP contribution is 2.62. The van der Waals surface area contributed by atoms with Crippen molar-refractivity contribution in [2.24, 2.45) is 17.3 Å². The van der Waals surface area contributed by atoms with E-state index in [-0.39, 0.29) is 6.42 Å². The summed E-state index contributed by atoms with van der Waals surface area (Å²) < 4.78 is 35.4. The standard InChI is InChI=1S/C28H34ClIO11/c1-10-9-17(36-13(4)31)22(37-14(5)32)27(8)18(10)23(38-15(6)33)28-12(3)26(35)40-24(28)19(29)11(2)21(41-28)20(30)25(27)39-16(7)34/h12,17-25H,1-2,9H2,3-8H3. The number of alkyl halides is 2. The van der Waals surface area contributed by atoms with Crippen molar-refractivity contribution < 1.29 is 52.4 Å². The molecule has 3 aliphatic heterocycles. The summed E-state index contributed by atoms with van der Waals surface area (Å²) in [5, 5.41) is -0.935. The first-order valence-corrected chi connectivity index (χ1v) is 14.9. The Kier molecular flexibility index (Phi) is 8.63. The predicted octanol–water partition coefficient (Wildman–Crippen LogP) is 2.98. The Morgan fingerprint density at radius 1 is 0.927 bits per heavy atom. The van der Waals surface area contributed by atoms with Gasteiger partial charge in [-0.15, -0.1) is 11.6 Å². The topological polar surface area (TPSA) is 141 Å². The Bertz CT molecular complexity index is 1200. The number of carbonyl (C=O) groups is 5. The lowest BCUT2D eigenvalue weighted by atomic mass is 9.53. The summed E-state index contributed by atoms with van der Waals surface area (Å²) in [6.07, 6.45) is -6.59. The molecule has 4 aliphatic rings. The van der Waals surface area contributed by atoms with Gasteiger partial charge in [-0.25, -0.2) is 0 Å². The molecule has 2 bridgehead atoms. The molecule has 0 aromatic heterocycles. The monoisotopic (exact) mass is 708 g/mol. The van der Waals surface area contributed by atoms with Crippen molar-refractivity contribution in [2.45, 2.75) is 99.5 Å². The lowest BCUT2D eigenvalue weighted by molar-refractivity contribution is -0.274. The highest BCUT2D eigenvalue weighted by atomic mass is 127. The Morgan fingerprint density at radius 2 is 1.44 bits per heavy atom. The maximum Gasteiger partial charge on any atom is 0.312 e. The van der Waals surface area contributed by atoms with E-state index in [4.69, 9.17) is 40.0 Å². The van der Waals surface area contributed by atoms with Crippen molar-refractivity contribution in [3.63, 3.8) is 0 Å². The largest absolute Gasteiger partial charge is 0.461 e. The quantitative estimate of drug-likeness (QED) is 0.140. The minimum absolute atomic E-state index is 0.0125. The molecule has 3 heterocycles. The van der Waals surface area contributed by atoms with Crippen LogP contribution in [0, 0.1) is 17.3 Å². The van der Waals surface area contributed by atoms with Crippen LogP contribution in [0.2, 0.25) is 0 Å². The van der Waals surface area contributed by atoms with Crippen LogP contribution in [0.4, 0.5) is 0 Å². The number of rotatable bonds is 4. The predicted molar refractivity (Wildman–Crippen MR) is 151 cm³/mol. The summed E-state index contributed by atoms with van der Waals surface area (Å²) in [4.78, 5) is 63.2. The molecule has 4 rings (SSSR count). The summed E-state index contributed by atoms with van der Waals surface area (Å²) in [6.45, 7) is 16.6. The van der Waals surface area contributed by atoms with Gasteiger partial charge in [-0.05, 0) is 12.5 Å². The third-order valence-corrected chi connectivity index (χ3v) is 10.5. The van der Waals surface area contributed by atoms with Gasteiger partial charge >= 0.3 is 29.8 Å². The van der Waals surface area contributed by atoms with Crippen LogP contribution in [-0.2, 0) is 52.4 Å². The Balaban J connectivity index is 2.09. The molecule has 1 saturated carbocycles. The zero-order valence-corrected chi connectivity index (χ0v) is 26.6. The van der Waals surface area contributed by atoms with Gasteiger partial charge in [0.15, 0.2) is 11.7 Å². The molecule has 12 atom stereocenters. The van der Waals surface area contributed by atoms with Crippen LogP contribution in [0.15, 0.2) is 24.3 Å². The van der Waals surface area contributed by atoms with Crippen LogP contribution in [0.1, 0.15) is 48.0 Å². The van der Waals surface area contributed by atoms with Gasteiger partial charge in [0.25, 0.3) is 0 Å². The molecule has 0 aromatic carbocycles. The second-order valence-electron chi connectivity index (χ2n) is 11.3. The van der Waals surface area contributed by atoms with Crippen LogP contribution < -0.4 is 0 Å². The molecule has 13 heteroatoms. The normalized spacial score (nSPS) is 43.4. The van der Waals surface area contributed by atoms with Gasteiger partial charge in [-0.1, -0.05) is 48.2 Å². The van der Waals surface area contributed by atoms with E-state index in [2.05, 4.69) is 35.7 Å². The van der Waals surface area contributed by atoms with E-state index in [0.29, 0.717) is 11.1 Å². The average Bonchev–Trinajstić information content (AvgIpc) is 3.10. The van der Waals surface area contributed by atoms with Crippen molar-refractivity contribution >= 4 is 64.0 Å². The molecule has 226 valence electrons. The molecule has 0 N–H and O–H groups in total. The van der Waals surface area contributed by atoms with Crippen LogP contribution in [0.5, 0.6) is 0 Å². The van der Waals surface area contributed by atoms with Crippen LogP contribution in [0.3, 0.4) is 0 Å². The van der Waals surface area contributed by atoms with Gasteiger partial charge in [-0.2, -0.15) is 0 Å². The Hall–Kier alpha value is -2.19. The highest BCUT2D eigenvalue weighted by Gasteiger charge is 2.76. The zero-order valence-electron chi connectivity index (χ0n) is 23.6. The molecule has 3 saturated heterocycles. The van der Waals surface area contributed by atoms with E-state index in [1.165, 1.54) is 27.7 Å². The van der Waals surface area contributed by atoms with Crippen molar-refractivity contribution in [2.75, 3.05) is 0 Å². The minimum atomic E-state index is -1.62. The SMILES string of the molecule is C=C1C(Cl)C2OC(=O)C(C)C23OC1C(I)C(OC(C)=O)C1(C)C(OC(C)=O)C(OC(C)=O)CC(=C)C1C3OC(C)=O. The average molecular weight is 709 g/mol. The lowest BCUT2D eigenvalue weighted by Crippen LogP contribution is -2.75. The van der Waals surface area contributed by atoms with E-state index in [0.717, 1.165) is 0 Å². The van der Waals surface area contributed by atoms with Gasteiger partial charge in [-0.3, -0.25) is 24.0 Å². The molecular weight excluding hydrogens is 675 g/mol.